The van der Waals surface area contributed by atoms with Crippen molar-refractivity contribution in [1.29, 1.82) is 0 Å². The first-order valence-electron chi connectivity index (χ1n) is 5.15. The predicted octanol–water partition coefficient (Wildman–Crippen LogP) is 6.22. The Morgan fingerprint density at radius 1 is 1.18 bits per heavy atom. The predicted molar refractivity (Wildman–Crippen MR) is 91.4 cm³/mol. The third-order valence-corrected chi connectivity index (χ3v) is 6.03. The van der Waals surface area contributed by atoms with Crippen LogP contribution in [0, 0.1) is 17.4 Å². The SMILES string of the molecule is Cc1cc(C(Br)c2cc(Br)ccc2I)c(C)s1. The van der Waals surface area contributed by atoms with Crippen LogP contribution in [0.5, 0.6) is 0 Å². The summed E-state index contributed by atoms with van der Waals surface area (Å²) < 4.78 is 2.41. The van der Waals surface area contributed by atoms with Crippen molar-refractivity contribution in [2.75, 3.05) is 0 Å². The van der Waals surface area contributed by atoms with Gasteiger partial charge in [0.2, 0.25) is 0 Å². The lowest BCUT2D eigenvalue weighted by molar-refractivity contribution is 1.15. The van der Waals surface area contributed by atoms with E-state index in [1.165, 1.54) is 24.5 Å². The van der Waals surface area contributed by atoms with Crippen molar-refractivity contribution in [2.45, 2.75) is 18.7 Å². The van der Waals surface area contributed by atoms with Crippen molar-refractivity contribution >= 4 is 65.8 Å². The van der Waals surface area contributed by atoms with Gasteiger partial charge in [0, 0.05) is 17.8 Å². The van der Waals surface area contributed by atoms with Gasteiger partial charge < -0.3 is 0 Å². The van der Waals surface area contributed by atoms with Gasteiger partial charge >= 0.3 is 0 Å². The van der Waals surface area contributed by atoms with E-state index in [-0.39, 0.29) is 4.83 Å². The molecule has 0 bridgehead atoms. The lowest BCUT2D eigenvalue weighted by Crippen LogP contribution is -1.96. The van der Waals surface area contributed by atoms with Gasteiger partial charge in [0.05, 0.1) is 4.83 Å². The molecule has 90 valence electrons. The van der Waals surface area contributed by atoms with Crippen LogP contribution in [-0.2, 0) is 0 Å². The summed E-state index contributed by atoms with van der Waals surface area (Å²) in [6.07, 6.45) is 0. The molecule has 1 aromatic carbocycles. The summed E-state index contributed by atoms with van der Waals surface area (Å²) in [5.41, 5.74) is 2.70. The fourth-order valence-electron chi connectivity index (χ4n) is 1.78. The van der Waals surface area contributed by atoms with Crippen molar-refractivity contribution in [3.8, 4) is 0 Å². The molecule has 0 aliphatic heterocycles. The Kier molecular flexibility index (Phi) is 4.72. The average molecular weight is 486 g/mol. The number of rotatable bonds is 2. The molecule has 0 nitrogen and oxygen atoms in total. The van der Waals surface area contributed by atoms with Crippen molar-refractivity contribution in [1.82, 2.24) is 0 Å². The topological polar surface area (TPSA) is 0 Å². The van der Waals surface area contributed by atoms with Gasteiger partial charge in [0.25, 0.3) is 0 Å². The zero-order valence-electron chi connectivity index (χ0n) is 9.43. The second kappa shape index (κ2) is 5.72. The Balaban J connectivity index is 2.46. The number of aryl methyl sites for hydroxylation is 2. The minimum atomic E-state index is 0.275. The summed E-state index contributed by atoms with van der Waals surface area (Å²) in [6, 6.07) is 8.68. The van der Waals surface area contributed by atoms with Gasteiger partial charge in [-0.05, 0) is 71.8 Å². The molecule has 0 saturated carbocycles. The molecule has 1 heterocycles. The molecule has 0 aliphatic carbocycles. The number of benzene rings is 1. The zero-order valence-corrected chi connectivity index (χ0v) is 15.6. The number of hydrogen-bond acceptors (Lipinski definition) is 1. The van der Waals surface area contributed by atoms with E-state index in [4.69, 9.17) is 0 Å². The first-order chi connectivity index (χ1) is 7.99. The lowest BCUT2D eigenvalue weighted by Gasteiger charge is -2.12. The highest BCUT2D eigenvalue weighted by atomic mass is 127. The van der Waals surface area contributed by atoms with Crippen molar-refractivity contribution in [3.05, 3.63) is 53.2 Å². The normalized spacial score (nSPS) is 12.8. The lowest BCUT2D eigenvalue weighted by atomic mass is 10.1. The molecule has 2 rings (SSSR count). The standard InChI is InChI=1S/C13H11Br2IS/c1-7-5-10(8(2)17-7)13(15)11-6-9(14)3-4-12(11)16/h3-6,13H,1-2H3. The Hall–Kier alpha value is 0.610. The van der Waals surface area contributed by atoms with Crippen LogP contribution >= 0.6 is 65.8 Å². The molecule has 0 fully saturated rings. The molecule has 0 spiro atoms. The fourth-order valence-corrected chi connectivity index (χ4v) is 5.20. The first-order valence-corrected chi connectivity index (χ1v) is 8.75. The van der Waals surface area contributed by atoms with E-state index in [0.29, 0.717) is 0 Å². The van der Waals surface area contributed by atoms with Crippen molar-refractivity contribution < 1.29 is 0 Å². The van der Waals surface area contributed by atoms with E-state index >= 15 is 0 Å². The Labute approximate surface area is 136 Å². The Morgan fingerprint density at radius 2 is 1.88 bits per heavy atom. The van der Waals surface area contributed by atoms with Crippen LogP contribution in [0.3, 0.4) is 0 Å². The van der Waals surface area contributed by atoms with Gasteiger partial charge in [-0.2, -0.15) is 0 Å². The second-order valence-electron chi connectivity index (χ2n) is 3.90. The summed E-state index contributed by atoms with van der Waals surface area (Å²) in [6.45, 7) is 4.35. The summed E-state index contributed by atoms with van der Waals surface area (Å²) >= 11 is 11.6. The maximum atomic E-state index is 3.82. The molecule has 1 atom stereocenters. The van der Waals surface area contributed by atoms with Gasteiger partial charge in [-0.3, -0.25) is 0 Å². The quantitative estimate of drug-likeness (QED) is 0.350. The monoisotopic (exact) mass is 484 g/mol. The van der Waals surface area contributed by atoms with Gasteiger partial charge in [0.15, 0.2) is 0 Å². The Morgan fingerprint density at radius 3 is 2.47 bits per heavy atom. The van der Waals surface area contributed by atoms with Crippen LogP contribution in [-0.4, -0.2) is 0 Å². The molecule has 0 amide bonds. The third kappa shape index (κ3) is 3.14. The average Bonchev–Trinajstić information content (AvgIpc) is 2.60. The van der Waals surface area contributed by atoms with Crippen molar-refractivity contribution in [2.24, 2.45) is 0 Å². The van der Waals surface area contributed by atoms with E-state index in [1.807, 2.05) is 11.3 Å². The van der Waals surface area contributed by atoms with Gasteiger partial charge in [-0.15, -0.1) is 11.3 Å². The fraction of sp³-hybridized carbons (Fsp3) is 0.231. The minimum Gasteiger partial charge on any atom is -0.146 e. The minimum absolute atomic E-state index is 0.275. The first kappa shape index (κ1) is 14.0. The summed E-state index contributed by atoms with van der Waals surface area (Å²) in [4.78, 5) is 3.03. The van der Waals surface area contributed by atoms with E-state index in [2.05, 4.69) is 92.6 Å². The van der Waals surface area contributed by atoms with Crippen LogP contribution in [0.25, 0.3) is 0 Å². The number of halogens is 3. The molecule has 1 aromatic heterocycles. The van der Waals surface area contributed by atoms with Crippen LogP contribution < -0.4 is 0 Å². The maximum absolute atomic E-state index is 3.82. The van der Waals surface area contributed by atoms with Gasteiger partial charge in [0.1, 0.15) is 0 Å². The number of alkyl halides is 1. The van der Waals surface area contributed by atoms with E-state index in [9.17, 15) is 0 Å². The largest absolute Gasteiger partial charge is 0.146 e. The molecule has 0 radical (unpaired) electrons. The summed E-state index contributed by atoms with van der Waals surface area (Å²) in [5.74, 6) is 0. The zero-order chi connectivity index (χ0) is 12.6. The molecule has 1 unspecified atom stereocenters. The number of hydrogen-bond donors (Lipinski definition) is 0. The van der Waals surface area contributed by atoms with Crippen LogP contribution in [0.4, 0.5) is 0 Å². The molecule has 0 aliphatic rings. The van der Waals surface area contributed by atoms with Crippen molar-refractivity contribution in [3.63, 3.8) is 0 Å². The molecule has 4 heteroatoms. The second-order valence-corrected chi connectivity index (χ2v) is 8.35. The smallest absolute Gasteiger partial charge is 0.0666 e. The van der Waals surface area contributed by atoms with Crippen LogP contribution in [0.2, 0.25) is 0 Å². The molecule has 0 saturated heterocycles. The van der Waals surface area contributed by atoms with Crippen LogP contribution in [0.1, 0.15) is 25.7 Å². The molecule has 2 aromatic rings. The van der Waals surface area contributed by atoms with E-state index < -0.39 is 0 Å². The van der Waals surface area contributed by atoms with Gasteiger partial charge in [-0.25, -0.2) is 0 Å². The highest BCUT2D eigenvalue weighted by Crippen LogP contribution is 2.39. The van der Waals surface area contributed by atoms with Gasteiger partial charge in [-0.1, -0.05) is 31.9 Å². The maximum Gasteiger partial charge on any atom is 0.0666 e. The summed E-state index contributed by atoms with van der Waals surface area (Å²) in [5, 5.41) is 0. The molecule has 17 heavy (non-hydrogen) atoms. The Bertz CT molecular complexity index is 548. The highest BCUT2D eigenvalue weighted by molar-refractivity contribution is 14.1. The summed E-state index contributed by atoms with van der Waals surface area (Å²) in [7, 11) is 0. The van der Waals surface area contributed by atoms with Crippen LogP contribution in [0.15, 0.2) is 28.7 Å². The molecule has 0 N–H and O–H groups in total. The number of thiophene rings is 1. The highest BCUT2D eigenvalue weighted by Gasteiger charge is 2.17. The molecular weight excluding hydrogens is 475 g/mol. The molecular formula is C13H11Br2IS. The van der Waals surface area contributed by atoms with E-state index in [0.717, 1.165) is 4.47 Å². The third-order valence-electron chi connectivity index (χ3n) is 2.58. The van der Waals surface area contributed by atoms with E-state index in [1.54, 1.807) is 0 Å².